The third-order valence-electron chi connectivity index (χ3n) is 3.33. The Morgan fingerprint density at radius 1 is 0.967 bits per heavy atom. The number of hydrogen-bond donors (Lipinski definition) is 0. The molecule has 0 atom stereocenters. The molecule has 0 bridgehead atoms. The van der Waals surface area contributed by atoms with Crippen molar-refractivity contribution < 1.29 is 28.9 Å². The van der Waals surface area contributed by atoms with Gasteiger partial charge in [-0.3, -0.25) is 4.58 Å². The van der Waals surface area contributed by atoms with Gasteiger partial charge in [0.15, 0.2) is 5.17 Å². The summed E-state index contributed by atoms with van der Waals surface area (Å²) in [4.78, 5) is 12.7. The van der Waals surface area contributed by atoms with Crippen LogP contribution in [0.15, 0.2) is 65.7 Å². The Hall–Kier alpha value is -1.83. The van der Waals surface area contributed by atoms with Gasteiger partial charge in [0.05, 0.1) is 25.5 Å². The van der Waals surface area contributed by atoms with E-state index in [1.807, 2.05) is 73.5 Å². The Kier molecular flexibility index (Phi) is 9.39. The molecule has 30 heavy (non-hydrogen) atoms. The van der Waals surface area contributed by atoms with E-state index in [1.165, 1.54) is 0 Å². The number of amidine groups is 1. The Bertz CT molecular complexity index is 1010. The highest BCUT2D eigenvalue weighted by atomic mass is 35.7. The minimum Gasteiger partial charge on any atom is -0.254 e. The molecule has 8 nitrogen and oxygen atoms in total. The molecule has 0 aliphatic rings. The molecule has 12 heteroatoms. The molecule has 0 saturated carbocycles. The first kappa shape index (κ1) is 24.4. The normalized spacial score (nSPS) is 11.5. The second kappa shape index (κ2) is 11.5. The number of halogens is 1. The lowest BCUT2D eigenvalue weighted by Crippen LogP contribution is -2.68. The highest BCUT2D eigenvalue weighted by Gasteiger charge is 2.23. The number of hydrogen-bond acceptors (Lipinski definition) is 9. The van der Waals surface area contributed by atoms with E-state index < -0.39 is 10.2 Å². The molecule has 1 aromatic heterocycles. The molecule has 0 N–H and O–H groups in total. The maximum Gasteiger partial charge on any atom is 0.390 e. The van der Waals surface area contributed by atoms with Crippen LogP contribution in [0.4, 0.5) is 16.5 Å². The Morgan fingerprint density at radius 3 is 1.97 bits per heavy atom. The number of aromatic nitrogens is 1. The monoisotopic (exact) mass is 486 g/mol. The molecule has 0 radical (unpaired) electrons. The van der Waals surface area contributed by atoms with Crippen LogP contribution in [0.5, 0.6) is 0 Å². The summed E-state index contributed by atoms with van der Waals surface area (Å²) in [6.07, 6.45) is 2.04. The summed E-state index contributed by atoms with van der Waals surface area (Å²) < 4.78 is 36.0. The first-order chi connectivity index (χ1) is 14.2. The van der Waals surface area contributed by atoms with Gasteiger partial charge in [-0.05, 0) is 40.9 Å². The molecule has 0 aliphatic carbocycles. The fraction of sp³-hybridized carbons (Fsp3) is 0.167. The molecular formula is C18H19ClN4O4S3. The van der Waals surface area contributed by atoms with Gasteiger partial charge in [-0.25, -0.2) is 28.5 Å². The topological polar surface area (TPSA) is 124 Å². The molecular weight excluding hydrogens is 468 g/mol. The van der Waals surface area contributed by atoms with Gasteiger partial charge < -0.3 is 0 Å². The summed E-state index contributed by atoms with van der Waals surface area (Å²) in [5.41, 5.74) is 1.99. The van der Waals surface area contributed by atoms with Crippen molar-refractivity contribution in [2.45, 2.75) is 0 Å². The highest BCUT2D eigenvalue weighted by molar-refractivity contribution is 8.13. The molecule has 0 saturated heterocycles. The fourth-order valence-electron chi connectivity index (χ4n) is 2.14. The standard InChI is InChI=1S/C18H19N4S3.ClHO4/c1-21(2)16-20-18(25-24-16)22(15-12-8-5-9-13-15)17(23-3)19-14-10-6-4-7-11-14;2-1(3,4)5/h4-13H,1-3H3;(H,2,3,4,5)/q+1;/p-1. The maximum absolute atomic E-state index is 8.49. The number of aliphatic imine (C=N–C) groups is 1. The van der Waals surface area contributed by atoms with Crippen LogP contribution in [0, 0.1) is 10.2 Å². The van der Waals surface area contributed by atoms with Gasteiger partial charge in [-0.2, -0.15) is 0 Å². The van der Waals surface area contributed by atoms with Gasteiger partial charge >= 0.3 is 9.93 Å². The Balaban J connectivity index is 0.000000575. The lowest BCUT2D eigenvalue weighted by molar-refractivity contribution is -2.00. The van der Waals surface area contributed by atoms with Crippen molar-refractivity contribution in [2.24, 2.45) is 4.99 Å². The van der Waals surface area contributed by atoms with E-state index >= 15 is 0 Å². The fourth-order valence-corrected chi connectivity index (χ4v) is 4.98. The van der Waals surface area contributed by atoms with Crippen molar-refractivity contribution in [3.8, 4) is 0 Å². The third-order valence-corrected chi connectivity index (χ3v) is 6.22. The zero-order chi connectivity index (χ0) is 22.1. The molecule has 1 heterocycles. The Morgan fingerprint density at radius 2 is 1.50 bits per heavy atom. The number of nitrogens with zero attached hydrogens (tertiary/aromatic N) is 4. The van der Waals surface area contributed by atoms with Crippen LogP contribution < -0.4 is 32.9 Å². The van der Waals surface area contributed by atoms with Crippen LogP contribution in [0.2, 0.25) is 0 Å². The van der Waals surface area contributed by atoms with E-state index in [0.29, 0.717) is 0 Å². The number of benzene rings is 2. The third kappa shape index (κ3) is 8.13. The zero-order valence-corrected chi connectivity index (χ0v) is 19.5. The van der Waals surface area contributed by atoms with Crippen LogP contribution in [0.3, 0.4) is 0 Å². The van der Waals surface area contributed by atoms with Crippen LogP contribution in [0.25, 0.3) is 0 Å². The Labute approximate surface area is 187 Å². The molecule has 3 rings (SSSR count). The zero-order valence-electron chi connectivity index (χ0n) is 16.3. The number of thioether (sulfide) groups is 1. The van der Waals surface area contributed by atoms with E-state index in [4.69, 9.17) is 28.6 Å². The quantitative estimate of drug-likeness (QED) is 0.215. The lowest BCUT2D eigenvalue weighted by Gasteiger charge is -2.19. The summed E-state index contributed by atoms with van der Waals surface area (Å²) in [5, 5.41) is 1.81. The second-order valence-corrected chi connectivity index (χ2v) is 9.31. The average Bonchev–Trinajstić information content (AvgIpc) is 3.18. The van der Waals surface area contributed by atoms with E-state index in [9.17, 15) is 0 Å². The minimum atomic E-state index is -4.94. The van der Waals surface area contributed by atoms with E-state index in [1.54, 1.807) is 32.4 Å². The van der Waals surface area contributed by atoms with Crippen LogP contribution in [-0.4, -0.2) is 30.5 Å². The van der Waals surface area contributed by atoms with Crippen molar-refractivity contribution in [1.82, 2.24) is 9.56 Å². The van der Waals surface area contributed by atoms with Crippen molar-refractivity contribution >= 4 is 54.1 Å². The van der Waals surface area contributed by atoms with Crippen LogP contribution in [-0.2, 0) is 0 Å². The van der Waals surface area contributed by atoms with Crippen molar-refractivity contribution in [2.75, 3.05) is 25.3 Å². The van der Waals surface area contributed by atoms with Gasteiger partial charge in [-0.15, -0.1) is 10.2 Å². The first-order valence-electron chi connectivity index (χ1n) is 8.31. The van der Waals surface area contributed by atoms with Crippen molar-refractivity contribution in [1.29, 1.82) is 0 Å². The molecule has 3 aromatic rings. The van der Waals surface area contributed by atoms with E-state index in [-0.39, 0.29) is 0 Å². The number of anilines is 2. The van der Waals surface area contributed by atoms with Gasteiger partial charge in [0.1, 0.15) is 0 Å². The molecule has 0 amide bonds. The van der Waals surface area contributed by atoms with Crippen molar-refractivity contribution in [3.63, 3.8) is 0 Å². The van der Waals surface area contributed by atoms with Gasteiger partial charge in [0, 0.05) is 15.3 Å². The summed E-state index contributed by atoms with van der Waals surface area (Å²) in [7, 11) is 2.40. The maximum atomic E-state index is 8.49. The van der Waals surface area contributed by atoms with Crippen molar-refractivity contribution in [3.05, 3.63) is 65.5 Å². The minimum absolute atomic E-state index is 0.893. The number of para-hydroxylation sites is 2. The molecule has 0 aliphatic heterocycles. The van der Waals surface area contributed by atoms with Gasteiger partial charge in [0.2, 0.25) is 0 Å². The first-order valence-corrected chi connectivity index (χ1v) is 12.9. The SMILES string of the molecule is CSC(=Nc1ccccc1)N(c1ccccc1)c1nc(=[N+](C)C)ss1.[O-][Cl+3]([O-])([O-])[O-]. The largest absolute Gasteiger partial charge is 0.390 e. The number of rotatable bonds is 3. The summed E-state index contributed by atoms with van der Waals surface area (Å²) in [6.45, 7) is 0. The molecule has 0 spiro atoms. The van der Waals surface area contributed by atoms with Gasteiger partial charge in [0.25, 0.3) is 0 Å². The van der Waals surface area contributed by atoms with Crippen LogP contribution in [0.1, 0.15) is 0 Å². The van der Waals surface area contributed by atoms with Gasteiger partial charge in [-0.1, -0.05) is 48.2 Å². The molecule has 160 valence electrons. The van der Waals surface area contributed by atoms with E-state index in [0.717, 1.165) is 26.5 Å². The molecule has 0 fully saturated rings. The predicted octanol–water partition coefficient (Wildman–Crippen LogP) is -0.331. The summed E-state index contributed by atoms with van der Waals surface area (Å²) in [6, 6.07) is 20.3. The predicted molar refractivity (Wildman–Crippen MR) is 113 cm³/mol. The summed E-state index contributed by atoms with van der Waals surface area (Å²) in [5.74, 6) is 0. The highest BCUT2D eigenvalue weighted by Crippen LogP contribution is 2.31. The lowest BCUT2D eigenvalue weighted by atomic mass is 10.3. The average molecular weight is 487 g/mol. The second-order valence-electron chi connectivity index (χ2n) is 5.72. The smallest absolute Gasteiger partial charge is 0.254 e. The molecule has 0 unspecified atom stereocenters. The van der Waals surface area contributed by atoms with E-state index in [2.05, 4.69) is 17.0 Å². The van der Waals surface area contributed by atoms with Crippen LogP contribution >= 0.6 is 32.4 Å². The summed E-state index contributed by atoms with van der Waals surface area (Å²) >= 11 is 1.61. The molecule has 2 aromatic carbocycles.